The molecule has 0 saturated carbocycles. The lowest BCUT2D eigenvalue weighted by molar-refractivity contribution is 0.0757. The third-order valence-corrected chi connectivity index (χ3v) is 3.15. The normalized spacial score (nSPS) is 16.7. The first kappa shape index (κ1) is 16.1. The molecule has 1 heterocycles. The van der Waals surface area contributed by atoms with Gasteiger partial charge in [0, 0.05) is 12.6 Å². The van der Waals surface area contributed by atoms with Crippen molar-refractivity contribution in [1.82, 2.24) is 4.90 Å². The molecule has 1 saturated heterocycles. The van der Waals surface area contributed by atoms with Gasteiger partial charge in [0.15, 0.2) is 0 Å². The molecule has 1 aliphatic heterocycles. The van der Waals surface area contributed by atoms with Gasteiger partial charge in [-0.15, -0.1) is 12.4 Å². The maximum atomic E-state index is 9.90. The number of aliphatic hydroxyl groups excluding tert-OH is 1. The molecule has 5 heteroatoms. The zero-order valence-electron chi connectivity index (χ0n) is 11.2. The molecule has 0 aliphatic carbocycles. The molecular formula is C14H22ClNO3. The van der Waals surface area contributed by atoms with Crippen LogP contribution in [0.25, 0.3) is 0 Å². The second-order valence-electron chi connectivity index (χ2n) is 4.65. The summed E-state index contributed by atoms with van der Waals surface area (Å²) in [6.45, 7) is 3.21. The summed E-state index contributed by atoms with van der Waals surface area (Å²) >= 11 is 0. The summed E-state index contributed by atoms with van der Waals surface area (Å²) in [7, 11) is 1.63. The Bertz CT molecular complexity index is 369. The number of hydrogen-bond donors (Lipinski definition) is 1. The molecule has 0 spiro atoms. The van der Waals surface area contributed by atoms with Crippen LogP contribution in [0.4, 0.5) is 0 Å². The Morgan fingerprint density at radius 2 is 1.95 bits per heavy atom. The van der Waals surface area contributed by atoms with E-state index in [1.165, 1.54) is 12.8 Å². The summed E-state index contributed by atoms with van der Waals surface area (Å²) in [5.74, 6) is 1.50. The highest BCUT2D eigenvalue weighted by Gasteiger charge is 2.16. The van der Waals surface area contributed by atoms with Gasteiger partial charge in [-0.1, -0.05) is 6.07 Å². The molecule has 0 amide bonds. The van der Waals surface area contributed by atoms with Crippen molar-refractivity contribution in [3.05, 3.63) is 24.3 Å². The third kappa shape index (κ3) is 5.27. The second kappa shape index (κ2) is 8.25. The van der Waals surface area contributed by atoms with E-state index in [1.54, 1.807) is 7.11 Å². The number of benzene rings is 1. The molecule has 1 aromatic carbocycles. The number of rotatable bonds is 6. The quantitative estimate of drug-likeness (QED) is 0.868. The van der Waals surface area contributed by atoms with Gasteiger partial charge in [-0.05, 0) is 38.1 Å². The first-order chi connectivity index (χ1) is 8.78. The van der Waals surface area contributed by atoms with Crippen molar-refractivity contribution in [3.8, 4) is 11.5 Å². The lowest BCUT2D eigenvalue weighted by Crippen LogP contribution is -2.33. The largest absolute Gasteiger partial charge is 0.497 e. The van der Waals surface area contributed by atoms with Crippen molar-refractivity contribution in [3.63, 3.8) is 0 Å². The number of hydrogen-bond acceptors (Lipinski definition) is 4. The zero-order valence-corrected chi connectivity index (χ0v) is 12.1. The molecular weight excluding hydrogens is 266 g/mol. The van der Waals surface area contributed by atoms with Crippen LogP contribution in [0, 0.1) is 0 Å². The van der Waals surface area contributed by atoms with E-state index < -0.39 is 6.10 Å². The first-order valence-electron chi connectivity index (χ1n) is 6.45. The highest BCUT2D eigenvalue weighted by atomic mass is 35.5. The Labute approximate surface area is 120 Å². The van der Waals surface area contributed by atoms with Gasteiger partial charge in [-0.25, -0.2) is 0 Å². The lowest BCUT2D eigenvalue weighted by Gasteiger charge is -2.19. The highest BCUT2D eigenvalue weighted by Crippen LogP contribution is 2.19. The van der Waals surface area contributed by atoms with Crippen LogP contribution in [0.15, 0.2) is 24.3 Å². The molecule has 1 unspecified atom stereocenters. The Morgan fingerprint density at radius 3 is 2.63 bits per heavy atom. The molecule has 4 nitrogen and oxygen atoms in total. The van der Waals surface area contributed by atoms with Crippen LogP contribution in [0.3, 0.4) is 0 Å². The molecule has 0 aromatic heterocycles. The number of ether oxygens (including phenoxy) is 2. The van der Waals surface area contributed by atoms with Gasteiger partial charge >= 0.3 is 0 Å². The van der Waals surface area contributed by atoms with Gasteiger partial charge in [-0.3, -0.25) is 0 Å². The van der Waals surface area contributed by atoms with Crippen molar-refractivity contribution >= 4 is 12.4 Å². The summed E-state index contributed by atoms with van der Waals surface area (Å²) < 4.78 is 10.7. The molecule has 1 atom stereocenters. The molecule has 2 rings (SSSR count). The second-order valence-corrected chi connectivity index (χ2v) is 4.65. The third-order valence-electron chi connectivity index (χ3n) is 3.15. The minimum absolute atomic E-state index is 0. The van der Waals surface area contributed by atoms with Gasteiger partial charge in [0.2, 0.25) is 0 Å². The predicted octanol–water partition coefficient (Wildman–Crippen LogP) is 1.95. The molecule has 19 heavy (non-hydrogen) atoms. The van der Waals surface area contributed by atoms with E-state index in [0.29, 0.717) is 13.2 Å². The number of methoxy groups -OCH3 is 1. The summed E-state index contributed by atoms with van der Waals surface area (Å²) in [6.07, 6.45) is 2.04. The summed E-state index contributed by atoms with van der Waals surface area (Å²) in [6, 6.07) is 7.43. The fraction of sp³-hybridized carbons (Fsp3) is 0.571. The predicted molar refractivity (Wildman–Crippen MR) is 77.4 cm³/mol. The van der Waals surface area contributed by atoms with E-state index in [1.807, 2.05) is 24.3 Å². The zero-order chi connectivity index (χ0) is 12.8. The van der Waals surface area contributed by atoms with Gasteiger partial charge in [0.05, 0.1) is 7.11 Å². The number of nitrogens with zero attached hydrogens (tertiary/aromatic N) is 1. The average molecular weight is 288 g/mol. The van der Waals surface area contributed by atoms with Crippen LogP contribution in [-0.4, -0.2) is 49.5 Å². The Kier molecular flexibility index (Phi) is 6.99. The van der Waals surface area contributed by atoms with Gasteiger partial charge in [0.1, 0.15) is 24.2 Å². The van der Waals surface area contributed by atoms with Gasteiger partial charge in [-0.2, -0.15) is 0 Å². The summed E-state index contributed by atoms with van der Waals surface area (Å²) in [4.78, 5) is 2.28. The number of β-amino-alcohol motifs (C(OH)–C–C–N with tert-alkyl or cyclic N) is 1. The number of likely N-dealkylation sites (tertiary alicyclic amines) is 1. The molecule has 1 fully saturated rings. The topological polar surface area (TPSA) is 41.9 Å². The maximum absolute atomic E-state index is 9.90. The molecule has 1 aliphatic rings. The van der Waals surface area contributed by atoms with E-state index in [0.717, 1.165) is 24.6 Å². The van der Waals surface area contributed by atoms with E-state index in [2.05, 4.69) is 4.90 Å². The highest BCUT2D eigenvalue weighted by molar-refractivity contribution is 5.85. The fourth-order valence-electron chi connectivity index (χ4n) is 2.20. The molecule has 0 radical (unpaired) electrons. The van der Waals surface area contributed by atoms with Crippen LogP contribution < -0.4 is 9.47 Å². The fourth-order valence-corrected chi connectivity index (χ4v) is 2.20. The molecule has 1 aromatic rings. The van der Waals surface area contributed by atoms with Gasteiger partial charge < -0.3 is 19.5 Å². The number of aliphatic hydroxyl groups is 1. The van der Waals surface area contributed by atoms with Gasteiger partial charge in [0.25, 0.3) is 0 Å². The first-order valence-corrected chi connectivity index (χ1v) is 6.45. The monoisotopic (exact) mass is 287 g/mol. The number of halogens is 1. The van der Waals surface area contributed by atoms with E-state index in [-0.39, 0.29) is 12.4 Å². The van der Waals surface area contributed by atoms with Crippen molar-refractivity contribution in [1.29, 1.82) is 0 Å². The molecule has 108 valence electrons. The Morgan fingerprint density at radius 1 is 1.26 bits per heavy atom. The maximum Gasteiger partial charge on any atom is 0.123 e. The van der Waals surface area contributed by atoms with Crippen LogP contribution in [0.5, 0.6) is 11.5 Å². The smallest absolute Gasteiger partial charge is 0.123 e. The molecule has 1 N–H and O–H groups in total. The van der Waals surface area contributed by atoms with Crippen molar-refractivity contribution in [2.24, 2.45) is 0 Å². The Hall–Kier alpha value is -0.970. The van der Waals surface area contributed by atoms with Crippen molar-refractivity contribution in [2.45, 2.75) is 18.9 Å². The standard InChI is InChI=1S/C14H21NO3.ClH/c1-17-13-5-4-6-14(9-13)18-11-12(16)10-15-7-2-3-8-15;/h4-6,9,12,16H,2-3,7-8,10-11H2,1H3;1H. The molecule has 0 bridgehead atoms. The van der Waals surface area contributed by atoms with Crippen molar-refractivity contribution < 1.29 is 14.6 Å². The van der Waals surface area contributed by atoms with Crippen LogP contribution >= 0.6 is 12.4 Å². The average Bonchev–Trinajstić information content (AvgIpc) is 2.89. The lowest BCUT2D eigenvalue weighted by atomic mass is 10.3. The Balaban J connectivity index is 0.00000180. The van der Waals surface area contributed by atoms with Crippen LogP contribution in [0.2, 0.25) is 0 Å². The van der Waals surface area contributed by atoms with E-state index in [4.69, 9.17) is 9.47 Å². The minimum Gasteiger partial charge on any atom is -0.497 e. The van der Waals surface area contributed by atoms with Crippen molar-refractivity contribution in [2.75, 3.05) is 33.4 Å². The SMILES string of the molecule is COc1cccc(OCC(O)CN2CCCC2)c1.Cl. The van der Waals surface area contributed by atoms with Crippen LogP contribution in [0.1, 0.15) is 12.8 Å². The van der Waals surface area contributed by atoms with E-state index >= 15 is 0 Å². The van der Waals surface area contributed by atoms with Crippen LogP contribution in [-0.2, 0) is 0 Å². The summed E-state index contributed by atoms with van der Waals surface area (Å²) in [5.41, 5.74) is 0. The summed E-state index contributed by atoms with van der Waals surface area (Å²) in [5, 5.41) is 9.90. The van der Waals surface area contributed by atoms with E-state index in [9.17, 15) is 5.11 Å². The minimum atomic E-state index is -0.436.